The van der Waals surface area contributed by atoms with Crippen molar-refractivity contribution in [3.63, 3.8) is 0 Å². The average molecular weight is 490 g/mol. The van der Waals surface area contributed by atoms with Crippen LogP contribution in [0.25, 0.3) is 0 Å². The quantitative estimate of drug-likeness (QED) is 0.171. The second kappa shape index (κ2) is 14.5. The highest BCUT2D eigenvalue weighted by atomic mass is 32.2. The molecule has 13 heteroatoms. The van der Waals surface area contributed by atoms with E-state index >= 15 is 0 Å². The number of allylic oxidation sites excluding steroid dienone is 1. The maximum atomic E-state index is 12.4. The summed E-state index contributed by atoms with van der Waals surface area (Å²) in [6.45, 7) is 4.19. The lowest BCUT2D eigenvalue weighted by Gasteiger charge is -2.14. The standard InChI is InChI=1S/C20H31N3O9S/c1-4-8-22-18(28)21(3)19(29)23(20(22)30)11-15(25)13-32-17(27)7-10-33-9-6-16(26)31-12-14(24)5-2/h4,14-15,24-25H,1,5-13H2,2-3H3. The smallest absolute Gasteiger partial charge is 0.336 e. The van der Waals surface area contributed by atoms with E-state index in [2.05, 4.69) is 6.58 Å². The molecule has 0 fully saturated rings. The minimum atomic E-state index is -1.34. The topological polar surface area (TPSA) is 159 Å². The van der Waals surface area contributed by atoms with Crippen molar-refractivity contribution in [2.24, 2.45) is 7.05 Å². The number of nitrogens with zero attached hydrogens (tertiary/aromatic N) is 3. The van der Waals surface area contributed by atoms with Gasteiger partial charge in [0.1, 0.15) is 19.3 Å². The fourth-order valence-electron chi connectivity index (χ4n) is 2.51. The molecular weight excluding hydrogens is 458 g/mol. The van der Waals surface area contributed by atoms with Gasteiger partial charge in [-0.05, 0) is 6.42 Å². The van der Waals surface area contributed by atoms with E-state index in [0.717, 1.165) is 9.13 Å². The largest absolute Gasteiger partial charge is 0.463 e. The number of aliphatic hydroxyl groups excluding tert-OH is 2. The zero-order valence-corrected chi connectivity index (χ0v) is 19.6. The number of aromatic nitrogens is 3. The molecule has 0 saturated carbocycles. The van der Waals surface area contributed by atoms with Gasteiger partial charge in [-0.1, -0.05) is 13.0 Å². The SMILES string of the molecule is C=CCn1c(=O)n(C)c(=O)n(CC(O)COC(=O)CCSCCC(=O)OCC(O)CC)c1=O. The highest BCUT2D eigenvalue weighted by Crippen LogP contribution is 2.07. The first-order valence-electron chi connectivity index (χ1n) is 10.4. The van der Waals surface area contributed by atoms with E-state index in [4.69, 9.17) is 9.47 Å². The molecule has 2 atom stereocenters. The molecule has 186 valence electrons. The Morgan fingerprint density at radius 1 is 0.970 bits per heavy atom. The van der Waals surface area contributed by atoms with Crippen molar-refractivity contribution in [2.45, 2.75) is 51.5 Å². The third-order valence-electron chi connectivity index (χ3n) is 4.45. The van der Waals surface area contributed by atoms with Gasteiger partial charge in [-0.25, -0.2) is 28.1 Å². The minimum absolute atomic E-state index is 0.0346. The van der Waals surface area contributed by atoms with E-state index in [-0.39, 0.29) is 26.0 Å². The van der Waals surface area contributed by atoms with Crippen LogP contribution in [0.1, 0.15) is 26.2 Å². The highest BCUT2D eigenvalue weighted by molar-refractivity contribution is 7.99. The van der Waals surface area contributed by atoms with Crippen molar-refractivity contribution in [2.75, 3.05) is 24.7 Å². The van der Waals surface area contributed by atoms with Crippen LogP contribution in [0.15, 0.2) is 27.0 Å². The van der Waals surface area contributed by atoms with E-state index in [1.807, 2.05) is 0 Å². The average Bonchev–Trinajstić information content (AvgIpc) is 2.80. The summed E-state index contributed by atoms with van der Waals surface area (Å²) in [4.78, 5) is 59.9. The van der Waals surface area contributed by atoms with Gasteiger partial charge >= 0.3 is 29.0 Å². The number of hydrogen-bond donors (Lipinski definition) is 2. The van der Waals surface area contributed by atoms with Crippen LogP contribution in [0, 0.1) is 0 Å². The predicted molar refractivity (Wildman–Crippen MR) is 121 cm³/mol. The Labute approximate surface area is 194 Å². The van der Waals surface area contributed by atoms with Crippen molar-refractivity contribution >= 4 is 23.7 Å². The molecule has 0 amide bonds. The summed E-state index contributed by atoms with van der Waals surface area (Å²) >= 11 is 1.34. The van der Waals surface area contributed by atoms with Gasteiger partial charge in [-0.2, -0.15) is 11.8 Å². The highest BCUT2D eigenvalue weighted by Gasteiger charge is 2.17. The molecule has 1 aromatic heterocycles. The molecular formula is C20H31N3O9S. The molecule has 1 rings (SSSR count). The predicted octanol–water partition coefficient (Wildman–Crippen LogP) is -1.37. The summed E-state index contributed by atoms with van der Waals surface area (Å²) in [7, 11) is 1.21. The Bertz CT molecular complexity index is 982. The van der Waals surface area contributed by atoms with Crippen molar-refractivity contribution in [1.29, 1.82) is 0 Å². The van der Waals surface area contributed by atoms with Crippen LogP contribution in [-0.4, -0.2) is 72.8 Å². The van der Waals surface area contributed by atoms with Crippen LogP contribution >= 0.6 is 11.8 Å². The molecule has 0 saturated heterocycles. The second-order valence-electron chi connectivity index (χ2n) is 7.11. The summed E-state index contributed by atoms with van der Waals surface area (Å²) in [5, 5.41) is 19.4. The van der Waals surface area contributed by atoms with E-state index in [0.29, 0.717) is 22.5 Å². The van der Waals surface area contributed by atoms with Gasteiger partial charge in [-0.3, -0.25) is 9.59 Å². The van der Waals surface area contributed by atoms with Gasteiger partial charge in [0.2, 0.25) is 0 Å². The van der Waals surface area contributed by atoms with Crippen LogP contribution in [0.2, 0.25) is 0 Å². The van der Waals surface area contributed by atoms with Crippen LogP contribution < -0.4 is 17.1 Å². The Hall–Kier alpha value is -2.64. The minimum Gasteiger partial charge on any atom is -0.463 e. The number of esters is 2. The zero-order chi connectivity index (χ0) is 25.0. The summed E-state index contributed by atoms with van der Waals surface area (Å²) in [5.41, 5.74) is -2.59. The lowest BCUT2D eigenvalue weighted by molar-refractivity contribution is -0.146. The number of carbonyl (C=O) groups excluding carboxylic acids is 2. The van der Waals surface area contributed by atoms with E-state index in [1.54, 1.807) is 6.92 Å². The Morgan fingerprint density at radius 3 is 2.00 bits per heavy atom. The van der Waals surface area contributed by atoms with E-state index in [9.17, 15) is 34.2 Å². The molecule has 0 aliphatic rings. The number of rotatable bonds is 15. The van der Waals surface area contributed by atoms with Gasteiger partial charge in [0.25, 0.3) is 0 Å². The van der Waals surface area contributed by atoms with Gasteiger partial charge < -0.3 is 19.7 Å². The number of carbonyl (C=O) groups is 2. The third kappa shape index (κ3) is 9.40. The summed E-state index contributed by atoms with van der Waals surface area (Å²) in [6.07, 6.45) is -0.0107. The molecule has 1 aromatic rings. The molecule has 2 unspecified atom stereocenters. The first-order chi connectivity index (χ1) is 15.6. The molecule has 0 aromatic carbocycles. The summed E-state index contributed by atoms with van der Waals surface area (Å²) in [5.74, 6) is -0.204. The molecule has 2 N–H and O–H groups in total. The van der Waals surface area contributed by atoms with Crippen LogP contribution in [0.5, 0.6) is 0 Å². The van der Waals surface area contributed by atoms with Crippen LogP contribution in [0.3, 0.4) is 0 Å². The second-order valence-corrected chi connectivity index (χ2v) is 8.34. The first-order valence-corrected chi connectivity index (χ1v) is 11.5. The molecule has 0 aliphatic carbocycles. The van der Waals surface area contributed by atoms with Crippen molar-refractivity contribution in [3.8, 4) is 0 Å². The van der Waals surface area contributed by atoms with Crippen molar-refractivity contribution in [1.82, 2.24) is 13.7 Å². The first kappa shape index (κ1) is 28.4. The molecule has 33 heavy (non-hydrogen) atoms. The summed E-state index contributed by atoms with van der Waals surface area (Å²) in [6, 6.07) is 0. The zero-order valence-electron chi connectivity index (χ0n) is 18.8. The third-order valence-corrected chi connectivity index (χ3v) is 5.43. The maximum absolute atomic E-state index is 12.4. The molecule has 1 heterocycles. The molecule has 0 spiro atoms. The number of aliphatic hydroxyl groups is 2. The lowest BCUT2D eigenvalue weighted by atomic mass is 10.3. The number of hydrogen-bond acceptors (Lipinski definition) is 10. The van der Waals surface area contributed by atoms with Crippen LogP contribution in [-0.2, 0) is 39.2 Å². The fraction of sp³-hybridized carbons (Fsp3) is 0.650. The maximum Gasteiger partial charge on any atom is 0.336 e. The molecule has 0 aliphatic heterocycles. The van der Waals surface area contributed by atoms with Gasteiger partial charge in [-0.15, -0.1) is 6.58 Å². The van der Waals surface area contributed by atoms with E-state index < -0.39 is 54.4 Å². The fourth-order valence-corrected chi connectivity index (χ4v) is 3.34. The van der Waals surface area contributed by atoms with Gasteiger partial charge in [0.05, 0.1) is 32.0 Å². The molecule has 0 radical (unpaired) electrons. The monoisotopic (exact) mass is 489 g/mol. The lowest BCUT2D eigenvalue weighted by Crippen LogP contribution is -2.54. The van der Waals surface area contributed by atoms with Crippen molar-refractivity contribution in [3.05, 3.63) is 44.1 Å². The Morgan fingerprint density at radius 2 is 1.48 bits per heavy atom. The Balaban J connectivity index is 2.42. The molecule has 12 nitrogen and oxygen atoms in total. The summed E-state index contributed by atoms with van der Waals surface area (Å²) < 4.78 is 12.1. The molecule has 0 bridgehead atoms. The normalized spacial score (nSPS) is 12.7. The number of ether oxygens (including phenoxy) is 2. The van der Waals surface area contributed by atoms with Crippen molar-refractivity contribution < 1.29 is 29.3 Å². The van der Waals surface area contributed by atoms with Crippen LogP contribution in [0.4, 0.5) is 0 Å². The van der Waals surface area contributed by atoms with E-state index in [1.165, 1.54) is 24.9 Å². The van der Waals surface area contributed by atoms with Gasteiger partial charge in [0, 0.05) is 18.6 Å². The number of thioether (sulfide) groups is 1. The van der Waals surface area contributed by atoms with Gasteiger partial charge in [0.15, 0.2) is 0 Å². The Kier molecular flexibility index (Phi) is 12.5.